The third-order valence-corrected chi connectivity index (χ3v) is 5.25. The van der Waals surface area contributed by atoms with Gasteiger partial charge in [0.05, 0.1) is 6.21 Å². The monoisotopic (exact) mass is 399 g/mol. The molecule has 3 rings (SSSR count). The first-order valence-electron chi connectivity index (χ1n) is 9.55. The summed E-state index contributed by atoms with van der Waals surface area (Å²) >= 11 is 6.24. The number of hydrogen-bond acceptors (Lipinski definition) is 5. The van der Waals surface area contributed by atoms with Gasteiger partial charge in [0.2, 0.25) is 0 Å². The number of anilines is 1. The Morgan fingerprint density at radius 3 is 2.57 bits per heavy atom. The molecule has 28 heavy (non-hydrogen) atoms. The zero-order valence-corrected chi connectivity index (χ0v) is 16.9. The summed E-state index contributed by atoms with van der Waals surface area (Å²) in [5.41, 5.74) is 11.8. The molecule has 2 aromatic rings. The Bertz CT molecular complexity index is 820. The van der Waals surface area contributed by atoms with Crippen molar-refractivity contribution >= 4 is 29.4 Å². The average molecular weight is 400 g/mol. The SMILES string of the molecule is CCN(CC)c1ccc(/C=N/NC(=O)C2CC(c3ccccc3Cl)NN2)cc1. The van der Waals surface area contributed by atoms with Gasteiger partial charge < -0.3 is 4.90 Å². The number of nitrogens with one attached hydrogen (secondary N) is 3. The number of rotatable bonds is 7. The van der Waals surface area contributed by atoms with Crippen molar-refractivity contribution < 1.29 is 4.79 Å². The Kier molecular flexibility index (Phi) is 7.03. The summed E-state index contributed by atoms with van der Waals surface area (Å²) in [6.45, 7) is 6.21. The minimum atomic E-state index is -0.372. The highest BCUT2D eigenvalue weighted by molar-refractivity contribution is 6.31. The molecule has 0 aliphatic carbocycles. The summed E-state index contributed by atoms with van der Waals surface area (Å²) in [6.07, 6.45) is 2.25. The zero-order chi connectivity index (χ0) is 19.9. The Morgan fingerprint density at radius 1 is 1.18 bits per heavy atom. The van der Waals surface area contributed by atoms with Crippen LogP contribution >= 0.6 is 11.6 Å². The molecule has 0 radical (unpaired) electrons. The van der Waals surface area contributed by atoms with E-state index >= 15 is 0 Å². The van der Waals surface area contributed by atoms with Crippen molar-refractivity contribution in [3.63, 3.8) is 0 Å². The van der Waals surface area contributed by atoms with E-state index in [2.05, 4.69) is 52.3 Å². The lowest BCUT2D eigenvalue weighted by Gasteiger charge is -2.20. The number of carbonyl (C=O) groups excluding carboxylic acids is 1. The minimum absolute atomic E-state index is 0.0129. The lowest BCUT2D eigenvalue weighted by Crippen LogP contribution is -2.41. The van der Waals surface area contributed by atoms with Gasteiger partial charge >= 0.3 is 0 Å². The molecule has 2 atom stereocenters. The van der Waals surface area contributed by atoms with Crippen LogP contribution in [0.4, 0.5) is 5.69 Å². The molecule has 1 amide bonds. The molecule has 1 fully saturated rings. The van der Waals surface area contributed by atoms with Crippen LogP contribution in [-0.2, 0) is 4.79 Å². The highest BCUT2D eigenvalue weighted by atomic mass is 35.5. The third kappa shape index (κ3) is 4.90. The highest BCUT2D eigenvalue weighted by Crippen LogP contribution is 2.28. The summed E-state index contributed by atoms with van der Waals surface area (Å²) < 4.78 is 0. The lowest BCUT2D eigenvalue weighted by molar-refractivity contribution is -0.122. The van der Waals surface area contributed by atoms with Crippen molar-refractivity contribution in [2.45, 2.75) is 32.4 Å². The van der Waals surface area contributed by atoms with Crippen LogP contribution in [0.3, 0.4) is 0 Å². The fourth-order valence-corrected chi connectivity index (χ4v) is 3.57. The predicted octanol–water partition coefficient (Wildman–Crippen LogP) is 3.24. The second-order valence-corrected chi connectivity index (χ2v) is 7.06. The maximum Gasteiger partial charge on any atom is 0.258 e. The fourth-order valence-electron chi connectivity index (χ4n) is 3.30. The second-order valence-electron chi connectivity index (χ2n) is 6.65. The summed E-state index contributed by atoms with van der Waals surface area (Å²) in [4.78, 5) is 14.6. The highest BCUT2D eigenvalue weighted by Gasteiger charge is 2.30. The first kappa shape index (κ1) is 20.3. The van der Waals surface area contributed by atoms with Crippen LogP contribution in [-0.4, -0.2) is 31.3 Å². The summed E-state index contributed by atoms with van der Waals surface area (Å²) in [5.74, 6) is -0.182. The lowest BCUT2D eigenvalue weighted by atomic mass is 10.0. The molecule has 2 aromatic carbocycles. The maximum atomic E-state index is 12.4. The van der Waals surface area contributed by atoms with Crippen molar-refractivity contribution in [1.29, 1.82) is 0 Å². The Labute approximate surface area is 170 Å². The van der Waals surface area contributed by atoms with Crippen LogP contribution < -0.4 is 21.2 Å². The fraction of sp³-hybridized carbons (Fsp3) is 0.333. The van der Waals surface area contributed by atoms with Gasteiger partial charge in [0.1, 0.15) is 6.04 Å². The number of amides is 1. The van der Waals surface area contributed by atoms with Gasteiger partial charge in [0.15, 0.2) is 0 Å². The molecule has 1 heterocycles. The number of carbonyl (C=O) groups is 1. The van der Waals surface area contributed by atoms with Gasteiger partial charge in [-0.25, -0.2) is 16.3 Å². The van der Waals surface area contributed by atoms with Gasteiger partial charge in [-0.15, -0.1) is 0 Å². The molecule has 1 aliphatic rings. The van der Waals surface area contributed by atoms with Gasteiger partial charge in [-0.1, -0.05) is 41.9 Å². The zero-order valence-electron chi connectivity index (χ0n) is 16.2. The Balaban J connectivity index is 1.52. The summed E-state index contributed by atoms with van der Waals surface area (Å²) in [7, 11) is 0. The number of hydrogen-bond donors (Lipinski definition) is 3. The van der Waals surface area contributed by atoms with Gasteiger partial charge in [-0.3, -0.25) is 4.79 Å². The van der Waals surface area contributed by atoms with Crippen LogP contribution in [0.1, 0.15) is 37.4 Å². The van der Waals surface area contributed by atoms with E-state index in [0.717, 1.165) is 24.2 Å². The van der Waals surface area contributed by atoms with Crippen molar-refractivity contribution in [1.82, 2.24) is 16.3 Å². The molecule has 2 unspecified atom stereocenters. The smallest absolute Gasteiger partial charge is 0.258 e. The molecule has 0 saturated carbocycles. The van der Waals surface area contributed by atoms with E-state index in [1.54, 1.807) is 6.21 Å². The van der Waals surface area contributed by atoms with Gasteiger partial charge in [0, 0.05) is 29.8 Å². The molecule has 3 N–H and O–H groups in total. The van der Waals surface area contributed by atoms with E-state index in [0.29, 0.717) is 11.4 Å². The Hall–Kier alpha value is -2.41. The van der Waals surface area contributed by atoms with E-state index in [1.807, 2.05) is 36.4 Å². The molecule has 148 valence electrons. The largest absolute Gasteiger partial charge is 0.372 e. The number of nitrogens with zero attached hydrogens (tertiary/aromatic N) is 2. The standard InChI is InChI=1S/C21H26ClN5O/c1-3-27(4-2)16-11-9-15(10-12-16)14-23-26-21(28)20-13-19(24-25-20)17-7-5-6-8-18(17)22/h5-12,14,19-20,24-25H,3-4,13H2,1-2H3,(H,26,28)/b23-14+. The topological polar surface area (TPSA) is 68.8 Å². The van der Waals surface area contributed by atoms with Crippen molar-refractivity contribution in [3.05, 3.63) is 64.7 Å². The molecular weight excluding hydrogens is 374 g/mol. The molecule has 6 nitrogen and oxygen atoms in total. The van der Waals surface area contributed by atoms with E-state index in [9.17, 15) is 4.79 Å². The number of benzene rings is 2. The second kappa shape index (κ2) is 9.68. The van der Waals surface area contributed by atoms with Crippen molar-refractivity contribution in [3.8, 4) is 0 Å². The van der Waals surface area contributed by atoms with E-state index < -0.39 is 0 Å². The van der Waals surface area contributed by atoms with Crippen LogP contribution in [0, 0.1) is 0 Å². The third-order valence-electron chi connectivity index (χ3n) is 4.91. The van der Waals surface area contributed by atoms with Crippen molar-refractivity contribution in [2.24, 2.45) is 5.10 Å². The maximum absolute atomic E-state index is 12.4. The number of hydrazone groups is 1. The molecule has 0 bridgehead atoms. The van der Waals surface area contributed by atoms with E-state index in [-0.39, 0.29) is 18.0 Å². The number of hydrazine groups is 1. The van der Waals surface area contributed by atoms with E-state index in [1.165, 1.54) is 5.69 Å². The van der Waals surface area contributed by atoms with Crippen molar-refractivity contribution in [2.75, 3.05) is 18.0 Å². The van der Waals surface area contributed by atoms with Gasteiger partial charge in [-0.2, -0.15) is 5.10 Å². The van der Waals surface area contributed by atoms with Crippen LogP contribution in [0.25, 0.3) is 0 Å². The average Bonchev–Trinajstić information content (AvgIpc) is 3.20. The van der Waals surface area contributed by atoms with E-state index in [4.69, 9.17) is 11.6 Å². The molecule has 0 spiro atoms. The number of halogens is 1. The first-order chi connectivity index (χ1) is 13.6. The normalized spacial score (nSPS) is 19.1. The minimum Gasteiger partial charge on any atom is -0.372 e. The molecular formula is C21H26ClN5O. The van der Waals surface area contributed by atoms with Gasteiger partial charge in [-0.05, 0) is 49.6 Å². The van der Waals surface area contributed by atoms with Gasteiger partial charge in [0.25, 0.3) is 5.91 Å². The Morgan fingerprint density at radius 2 is 1.89 bits per heavy atom. The summed E-state index contributed by atoms with van der Waals surface area (Å²) in [6, 6.07) is 15.4. The van der Waals surface area contributed by atoms with Crippen LogP contribution in [0.15, 0.2) is 53.6 Å². The van der Waals surface area contributed by atoms with Crippen LogP contribution in [0.2, 0.25) is 5.02 Å². The first-order valence-corrected chi connectivity index (χ1v) is 9.93. The molecule has 1 saturated heterocycles. The summed E-state index contributed by atoms with van der Waals surface area (Å²) in [5, 5.41) is 4.77. The molecule has 1 aliphatic heterocycles. The molecule has 0 aromatic heterocycles. The predicted molar refractivity (Wildman–Crippen MR) is 115 cm³/mol. The van der Waals surface area contributed by atoms with Crippen LogP contribution in [0.5, 0.6) is 0 Å². The quantitative estimate of drug-likeness (QED) is 0.494. The molecule has 7 heteroatoms.